The van der Waals surface area contributed by atoms with E-state index in [2.05, 4.69) is 10.0 Å². The minimum absolute atomic E-state index is 0.152. The van der Waals surface area contributed by atoms with E-state index in [0.29, 0.717) is 5.69 Å². The summed E-state index contributed by atoms with van der Waals surface area (Å²) in [6.07, 6.45) is 1.03. The van der Waals surface area contributed by atoms with Crippen LogP contribution in [0.1, 0.15) is 10.4 Å². The lowest BCUT2D eigenvalue weighted by Gasteiger charge is -2.13. The summed E-state index contributed by atoms with van der Waals surface area (Å²) in [7, 11) is -2.06. The monoisotopic (exact) mass is 388 g/mol. The molecule has 0 unspecified atom stereocenters. The summed E-state index contributed by atoms with van der Waals surface area (Å²) in [5, 5.41) is 3.08. The molecule has 2 aromatic carbocycles. The van der Waals surface area contributed by atoms with Gasteiger partial charge < -0.3 is 10.1 Å². The molecule has 0 saturated heterocycles. The molecule has 9 heteroatoms. The molecular weight excluding hydrogens is 375 g/mol. The number of carbonyl (C=O) groups is 1. The molecule has 0 aromatic heterocycles. The third-order valence-electron chi connectivity index (χ3n) is 2.95. The second kappa shape index (κ2) is 7.29. The first-order chi connectivity index (χ1) is 11.2. The smallest absolute Gasteiger partial charge is 0.257 e. The Balaban J connectivity index is 2.27. The summed E-state index contributed by atoms with van der Waals surface area (Å²) in [5.41, 5.74) is 0.896. The van der Waals surface area contributed by atoms with Crippen molar-refractivity contribution in [3.05, 3.63) is 52.0 Å². The number of amides is 1. The predicted octanol–water partition coefficient (Wildman–Crippen LogP) is 3.63. The van der Waals surface area contributed by atoms with E-state index in [-0.39, 0.29) is 27.0 Å². The zero-order valence-corrected chi connectivity index (χ0v) is 15.1. The van der Waals surface area contributed by atoms with Gasteiger partial charge in [-0.2, -0.15) is 0 Å². The van der Waals surface area contributed by atoms with Crippen molar-refractivity contribution in [3.63, 3.8) is 0 Å². The molecular formula is C15H14Cl2N2O4S. The minimum atomic E-state index is -3.45. The highest BCUT2D eigenvalue weighted by atomic mass is 35.5. The Bertz CT molecular complexity index is 885. The van der Waals surface area contributed by atoms with E-state index in [9.17, 15) is 13.2 Å². The van der Waals surface area contributed by atoms with Gasteiger partial charge in [-0.3, -0.25) is 9.52 Å². The van der Waals surface area contributed by atoms with Crippen molar-refractivity contribution in [1.29, 1.82) is 0 Å². The van der Waals surface area contributed by atoms with Gasteiger partial charge in [0.2, 0.25) is 10.0 Å². The Morgan fingerprint density at radius 1 is 1.17 bits per heavy atom. The van der Waals surface area contributed by atoms with Gasteiger partial charge in [0.15, 0.2) is 0 Å². The first kappa shape index (κ1) is 18.4. The second-order valence-corrected chi connectivity index (χ2v) is 7.38. The highest BCUT2D eigenvalue weighted by Crippen LogP contribution is 2.30. The fourth-order valence-electron chi connectivity index (χ4n) is 1.93. The van der Waals surface area contributed by atoms with Gasteiger partial charge in [0.05, 0.1) is 34.7 Å². The molecule has 0 atom stereocenters. The number of sulfonamides is 1. The first-order valence-corrected chi connectivity index (χ1v) is 9.27. The van der Waals surface area contributed by atoms with Gasteiger partial charge in [-0.25, -0.2) is 8.42 Å². The van der Waals surface area contributed by atoms with Crippen LogP contribution in [0.4, 0.5) is 11.4 Å². The summed E-state index contributed by atoms with van der Waals surface area (Å²) in [4.78, 5) is 12.3. The third-order valence-corrected chi connectivity index (χ3v) is 4.36. The Morgan fingerprint density at radius 3 is 2.50 bits per heavy atom. The fraction of sp³-hybridized carbons (Fsp3) is 0.133. The number of benzene rings is 2. The number of nitrogens with one attached hydrogen (secondary N) is 2. The normalized spacial score (nSPS) is 11.0. The number of hydrogen-bond donors (Lipinski definition) is 2. The maximum Gasteiger partial charge on any atom is 0.257 e. The summed E-state index contributed by atoms with van der Waals surface area (Å²) in [6.45, 7) is 0. The van der Waals surface area contributed by atoms with Gasteiger partial charge in [0.25, 0.3) is 5.91 Å². The number of carbonyl (C=O) groups excluding carboxylic acids is 1. The van der Waals surface area contributed by atoms with Gasteiger partial charge >= 0.3 is 0 Å². The lowest BCUT2D eigenvalue weighted by Crippen LogP contribution is -2.13. The van der Waals surface area contributed by atoms with Crippen LogP contribution in [-0.4, -0.2) is 27.7 Å². The van der Waals surface area contributed by atoms with Gasteiger partial charge in [-0.05, 0) is 24.3 Å². The van der Waals surface area contributed by atoms with Crippen LogP contribution in [-0.2, 0) is 10.0 Å². The predicted molar refractivity (Wildman–Crippen MR) is 95.9 cm³/mol. The number of ether oxygens (including phenoxy) is 1. The molecule has 128 valence electrons. The van der Waals surface area contributed by atoms with Crippen molar-refractivity contribution in [3.8, 4) is 5.75 Å². The standard InChI is InChI=1S/C15H14Cl2N2O4S/c1-23-13-8-9(6-7-12(13)19-24(2,21)22)18-15(20)10-4-3-5-11(16)14(10)17/h3-8,19H,1-2H3,(H,18,20). The molecule has 1 amide bonds. The molecule has 24 heavy (non-hydrogen) atoms. The van der Waals surface area contributed by atoms with Crippen LogP contribution in [0.15, 0.2) is 36.4 Å². The van der Waals surface area contributed by atoms with Crippen LogP contribution in [0.3, 0.4) is 0 Å². The molecule has 0 fully saturated rings. The van der Waals surface area contributed by atoms with E-state index in [1.807, 2.05) is 0 Å². The van der Waals surface area contributed by atoms with Gasteiger partial charge in [-0.15, -0.1) is 0 Å². The average molecular weight is 389 g/mol. The van der Waals surface area contributed by atoms with Crippen LogP contribution in [0.2, 0.25) is 10.0 Å². The summed E-state index contributed by atoms with van der Waals surface area (Å²) in [6, 6.07) is 9.24. The van der Waals surface area contributed by atoms with E-state index in [4.69, 9.17) is 27.9 Å². The zero-order valence-electron chi connectivity index (χ0n) is 12.8. The topological polar surface area (TPSA) is 84.5 Å². The molecule has 0 aliphatic heterocycles. The molecule has 0 aliphatic rings. The average Bonchev–Trinajstić information content (AvgIpc) is 2.50. The number of halogens is 2. The van der Waals surface area contributed by atoms with Crippen molar-refractivity contribution >= 4 is 50.5 Å². The van der Waals surface area contributed by atoms with Crippen molar-refractivity contribution in [2.45, 2.75) is 0 Å². The molecule has 2 N–H and O–H groups in total. The van der Waals surface area contributed by atoms with E-state index in [0.717, 1.165) is 6.26 Å². The van der Waals surface area contributed by atoms with Crippen LogP contribution >= 0.6 is 23.2 Å². The van der Waals surface area contributed by atoms with Crippen molar-refractivity contribution < 1.29 is 17.9 Å². The molecule has 0 aliphatic carbocycles. The van der Waals surface area contributed by atoms with E-state index in [1.165, 1.54) is 25.3 Å². The van der Waals surface area contributed by atoms with Gasteiger partial charge in [-0.1, -0.05) is 29.3 Å². The molecule has 0 radical (unpaired) electrons. The Hall–Kier alpha value is -1.96. The highest BCUT2D eigenvalue weighted by molar-refractivity contribution is 7.92. The molecule has 2 aromatic rings. The fourth-order valence-corrected chi connectivity index (χ4v) is 2.89. The van der Waals surface area contributed by atoms with Gasteiger partial charge in [0, 0.05) is 11.8 Å². The molecule has 6 nitrogen and oxygen atoms in total. The molecule has 0 bridgehead atoms. The number of methoxy groups -OCH3 is 1. The van der Waals surface area contributed by atoms with E-state index < -0.39 is 15.9 Å². The Labute approximate surface area is 149 Å². The van der Waals surface area contributed by atoms with Crippen LogP contribution < -0.4 is 14.8 Å². The van der Waals surface area contributed by atoms with Gasteiger partial charge in [0.1, 0.15) is 5.75 Å². The quantitative estimate of drug-likeness (QED) is 0.818. The lowest BCUT2D eigenvalue weighted by molar-refractivity contribution is 0.102. The lowest BCUT2D eigenvalue weighted by atomic mass is 10.2. The summed E-state index contributed by atoms with van der Waals surface area (Å²) < 4.78 is 30.1. The molecule has 0 saturated carbocycles. The number of anilines is 2. The molecule has 0 spiro atoms. The second-order valence-electron chi connectivity index (χ2n) is 4.84. The maximum absolute atomic E-state index is 12.3. The van der Waals surface area contributed by atoms with Crippen LogP contribution in [0, 0.1) is 0 Å². The molecule has 0 heterocycles. The summed E-state index contributed by atoms with van der Waals surface area (Å²) >= 11 is 11.9. The SMILES string of the molecule is COc1cc(NC(=O)c2cccc(Cl)c2Cl)ccc1NS(C)(=O)=O. The van der Waals surface area contributed by atoms with Crippen molar-refractivity contribution in [2.75, 3.05) is 23.4 Å². The largest absolute Gasteiger partial charge is 0.494 e. The zero-order chi connectivity index (χ0) is 17.9. The van der Waals surface area contributed by atoms with E-state index in [1.54, 1.807) is 18.2 Å². The maximum atomic E-state index is 12.3. The van der Waals surface area contributed by atoms with Crippen molar-refractivity contribution in [1.82, 2.24) is 0 Å². The van der Waals surface area contributed by atoms with Crippen LogP contribution in [0.25, 0.3) is 0 Å². The van der Waals surface area contributed by atoms with Crippen LogP contribution in [0.5, 0.6) is 5.75 Å². The molecule has 2 rings (SSSR count). The number of rotatable bonds is 5. The first-order valence-electron chi connectivity index (χ1n) is 6.62. The summed E-state index contributed by atoms with van der Waals surface area (Å²) in [5.74, 6) is -0.191. The van der Waals surface area contributed by atoms with E-state index >= 15 is 0 Å². The Kier molecular flexibility index (Phi) is 5.58. The highest BCUT2D eigenvalue weighted by Gasteiger charge is 2.14. The minimum Gasteiger partial charge on any atom is -0.494 e. The number of hydrogen-bond acceptors (Lipinski definition) is 4. The Morgan fingerprint density at radius 2 is 1.88 bits per heavy atom. The third kappa shape index (κ3) is 4.53. The van der Waals surface area contributed by atoms with Crippen molar-refractivity contribution in [2.24, 2.45) is 0 Å².